The number of para-hydroxylation sites is 1. The number of nitrogens with zero attached hydrogens (tertiary/aromatic N) is 1. The summed E-state index contributed by atoms with van der Waals surface area (Å²) in [5.74, 6) is 0.885. The number of anilines is 1. The highest BCUT2D eigenvalue weighted by Gasteiger charge is 2.37. The van der Waals surface area contributed by atoms with Crippen LogP contribution in [0.5, 0.6) is 0 Å². The quantitative estimate of drug-likeness (QED) is 0.766. The number of carbonyl (C=O) groups is 2. The van der Waals surface area contributed by atoms with E-state index >= 15 is 0 Å². The van der Waals surface area contributed by atoms with E-state index in [2.05, 4.69) is 0 Å². The monoisotopic (exact) mass is 319 g/mol. The number of carbonyl (C=O) groups excluding carboxylic acids is 2. The number of furan rings is 1. The zero-order valence-electron chi connectivity index (χ0n) is 11.0. The number of aryl methyl sites for hydroxylation is 1. The molecule has 0 bridgehead atoms. The van der Waals surface area contributed by atoms with Crippen LogP contribution < -0.4 is 4.90 Å². The Kier molecular flexibility index (Phi) is 3.61. The first-order valence-electron chi connectivity index (χ1n) is 6.15. The SMILES string of the molecule is Cc1ccc(C=C2SC(=O)N(c3ccccc3Cl)C2=O)o1. The smallest absolute Gasteiger partial charge is 0.298 e. The Morgan fingerprint density at radius 3 is 2.62 bits per heavy atom. The van der Waals surface area contributed by atoms with Crippen LogP contribution in [0, 0.1) is 6.92 Å². The predicted molar refractivity (Wildman–Crippen MR) is 83.3 cm³/mol. The Balaban J connectivity index is 1.96. The van der Waals surface area contributed by atoms with Gasteiger partial charge in [-0.1, -0.05) is 23.7 Å². The fourth-order valence-corrected chi connectivity index (χ4v) is 3.00. The number of amides is 2. The molecule has 2 aromatic rings. The molecule has 2 heterocycles. The maximum atomic E-state index is 12.4. The summed E-state index contributed by atoms with van der Waals surface area (Å²) in [5.41, 5.74) is 0.390. The molecule has 1 aliphatic heterocycles. The number of halogens is 1. The fraction of sp³-hybridized carbons (Fsp3) is 0.0667. The first-order chi connectivity index (χ1) is 10.1. The summed E-state index contributed by atoms with van der Waals surface area (Å²) in [7, 11) is 0. The minimum atomic E-state index is -0.396. The van der Waals surface area contributed by atoms with Crippen molar-refractivity contribution in [3.8, 4) is 0 Å². The summed E-state index contributed by atoms with van der Waals surface area (Å²) < 4.78 is 5.40. The molecule has 21 heavy (non-hydrogen) atoms. The number of benzene rings is 1. The molecule has 4 nitrogen and oxygen atoms in total. The number of rotatable bonds is 2. The van der Waals surface area contributed by atoms with Crippen LogP contribution >= 0.6 is 23.4 Å². The standard InChI is InChI=1S/C15H10ClNO3S/c1-9-6-7-10(20-9)8-13-14(18)17(15(19)21-13)12-5-3-2-4-11(12)16/h2-8H,1H3. The van der Waals surface area contributed by atoms with Crippen molar-refractivity contribution < 1.29 is 14.0 Å². The molecule has 1 aliphatic rings. The first kappa shape index (κ1) is 14.0. The normalized spacial score (nSPS) is 17.0. The largest absolute Gasteiger partial charge is 0.462 e. The molecule has 0 aliphatic carbocycles. The van der Waals surface area contributed by atoms with E-state index in [4.69, 9.17) is 16.0 Å². The molecular formula is C15H10ClNO3S. The van der Waals surface area contributed by atoms with Crippen LogP contribution in [-0.2, 0) is 4.79 Å². The van der Waals surface area contributed by atoms with E-state index in [-0.39, 0.29) is 5.24 Å². The van der Waals surface area contributed by atoms with Crippen LogP contribution in [-0.4, -0.2) is 11.1 Å². The summed E-state index contributed by atoms with van der Waals surface area (Å²) in [6.07, 6.45) is 1.56. The van der Waals surface area contributed by atoms with Crippen LogP contribution in [0.1, 0.15) is 11.5 Å². The van der Waals surface area contributed by atoms with Gasteiger partial charge in [-0.25, -0.2) is 4.90 Å². The number of hydrogen-bond acceptors (Lipinski definition) is 4. The highest BCUT2D eigenvalue weighted by atomic mass is 35.5. The average molecular weight is 320 g/mol. The molecule has 0 saturated carbocycles. The van der Waals surface area contributed by atoms with Gasteiger partial charge < -0.3 is 4.42 Å². The third kappa shape index (κ3) is 2.62. The van der Waals surface area contributed by atoms with Crippen LogP contribution in [0.2, 0.25) is 5.02 Å². The van der Waals surface area contributed by atoms with Crippen molar-refractivity contribution in [1.29, 1.82) is 0 Å². The second-order valence-electron chi connectivity index (χ2n) is 4.42. The fourth-order valence-electron chi connectivity index (χ4n) is 1.97. The minimum Gasteiger partial charge on any atom is -0.462 e. The highest BCUT2D eigenvalue weighted by Crippen LogP contribution is 2.38. The predicted octanol–water partition coefficient (Wildman–Crippen LogP) is 4.48. The van der Waals surface area contributed by atoms with Crippen molar-refractivity contribution in [2.45, 2.75) is 6.92 Å². The van der Waals surface area contributed by atoms with Gasteiger partial charge >= 0.3 is 0 Å². The van der Waals surface area contributed by atoms with Gasteiger partial charge in [0.25, 0.3) is 11.1 Å². The van der Waals surface area contributed by atoms with Crippen molar-refractivity contribution in [3.63, 3.8) is 0 Å². The lowest BCUT2D eigenvalue weighted by Crippen LogP contribution is -2.27. The summed E-state index contributed by atoms with van der Waals surface area (Å²) in [6.45, 7) is 1.81. The molecule has 0 unspecified atom stereocenters. The number of thioether (sulfide) groups is 1. The number of hydrogen-bond donors (Lipinski definition) is 0. The molecule has 1 saturated heterocycles. The Morgan fingerprint density at radius 1 is 1.19 bits per heavy atom. The molecule has 0 atom stereocenters. The molecular weight excluding hydrogens is 310 g/mol. The maximum Gasteiger partial charge on any atom is 0.298 e. The molecule has 0 N–H and O–H groups in total. The highest BCUT2D eigenvalue weighted by molar-refractivity contribution is 8.19. The van der Waals surface area contributed by atoms with E-state index in [1.165, 1.54) is 0 Å². The van der Waals surface area contributed by atoms with Crippen LogP contribution in [0.15, 0.2) is 45.7 Å². The lowest BCUT2D eigenvalue weighted by molar-refractivity contribution is -0.113. The van der Waals surface area contributed by atoms with Gasteiger partial charge in [-0.2, -0.15) is 0 Å². The lowest BCUT2D eigenvalue weighted by atomic mass is 10.3. The van der Waals surface area contributed by atoms with Crippen LogP contribution in [0.4, 0.5) is 10.5 Å². The van der Waals surface area contributed by atoms with Gasteiger partial charge in [-0.15, -0.1) is 0 Å². The molecule has 1 fully saturated rings. The van der Waals surface area contributed by atoms with Gasteiger partial charge in [-0.05, 0) is 43.0 Å². The van der Waals surface area contributed by atoms with E-state index in [1.807, 2.05) is 6.92 Å². The van der Waals surface area contributed by atoms with Crippen molar-refractivity contribution in [1.82, 2.24) is 0 Å². The second kappa shape index (κ2) is 5.42. The molecule has 1 aromatic carbocycles. The van der Waals surface area contributed by atoms with Gasteiger partial charge in [0.1, 0.15) is 11.5 Å². The maximum absolute atomic E-state index is 12.4. The molecule has 0 spiro atoms. The number of imide groups is 1. The Hall–Kier alpha value is -1.98. The lowest BCUT2D eigenvalue weighted by Gasteiger charge is -2.13. The first-order valence-corrected chi connectivity index (χ1v) is 7.34. The second-order valence-corrected chi connectivity index (χ2v) is 5.82. The zero-order chi connectivity index (χ0) is 15.0. The molecule has 0 radical (unpaired) electrons. The van der Waals surface area contributed by atoms with E-state index in [0.29, 0.717) is 21.4 Å². The van der Waals surface area contributed by atoms with Gasteiger partial charge in [0.05, 0.1) is 15.6 Å². The molecule has 3 rings (SSSR count). The molecule has 6 heteroatoms. The Bertz CT molecular complexity index is 766. The minimum absolute atomic E-state index is 0.314. The van der Waals surface area contributed by atoms with E-state index in [1.54, 1.807) is 42.5 Å². The zero-order valence-corrected chi connectivity index (χ0v) is 12.6. The van der Waals surface area contributed by atoms with Crippen molar-refractivity contribution in [2.24, 2.45) is 0 Å². The van der Waals surface area contributed by atoms with E-state index in [9.17, 15) is 9.59 Å². The van der Waals surface area contributed by atoms with Gasteiger partial charge in [0.15, 0.2) is 0 Å². The summed E-state index contributed by atoms with van der Waals surface area (Å²) in [5, 5.41) is -0.0162. The van der Waals surface area contributed by atoms with Crippen LogP contribution in [0.3, 0.4) is 0 Å². The van der Waals surface area contributed by atoms with Crippen molar-refractivity contribution in [3.05, 3.63) is 57.8 Å². The van der Waals surface area contributed by atoms with Gasteiger partial charge in [0, 0.05) is 6.08 Å². The molecule has 2 amide bonds. The van der Waals surface area contributed by atoms with E-state index in [0.717, 1.165) is 22.4 Å². The summed E-state index contributed by atoms with van der Waals surface area (Å²) in [4.78, 5) is 25.9. The van der Waals surface area contributed by atoms with Gasteiger partial charge in [-0.3, -0.25) is 9.59 Å². The third-order valence-electron chi connectivity index (χ3n) is 2.92. The van der Waals surface area contributed by atoms with Crippen molar-refractivity contribution in [2.75, 3.05) is 4.90 Å². The Morgan fingerprint density at radius 2 is 1.95 bits per heavy atom. The Labute approximate surface area is 130 Å². The van der Waals surface area contributed by atoms with Gasteiger partial charge in [0.2, 0.25) is 0 Å². The summed E-state index contributed by atoms with van der Waals surface area (Å²) in [6, 6.07) is 10.3. The topological polar surface area (TPSA) is 50.5 Å². The van der Waals surface area contributed by atoms with Crippen molar-refractivity contribution >= 4 is 46.3 Å². The molecule has 106 valence electrons. The summed E-state index contributed by atoms with van der Waals surface area (Å²) >= 11 is 6.92. The average Bonchev–Trinajstić information content (AvgIpc) is 2.96. The van der Waals surface area contributed by atoms with Crippen LogP contribution in [0.25, 0.3) is 6.08 Å². The molecule has 1 aromatic heterocycles. The third-order valence-corrected chi connectivity index (χ3v) is 4.11. The van der Waals surface area contributed by atoms with E-state index < -0.39 is 5.91 Å².